The van der Waals surface area contributed by atoms with Crippen molar-refractivity contribution in [1.29, 1.82) is 0 Å². The van der Waals surface area contributed by atoms with Gasteiger partial charge in [-0.05, 0) is 42.0 Å². The quantitative estimate of drug-likeness (QED) is 0.483. The molecule has 31 heavy (non-hydrogen) atoms. The maximum Gasteiger partial charge on any atom is 0.261 e. The molecular weight excluding hydrogens is 417 g/mol. The average molecular weight is 431 g/mol. The molecular formula is C23H14FN3O3S. The van der Waals surface area contributed by atoms with Crippen LogP contribution in [-0.4, -0.2) is 27.6 Å². The van der Waals surface area contributed by atoms with Gasteiger partial charge in [0.2, 0.25) is 0 Å². The van der Waals surface area contributed by atoms with Gasteiger partial charge in [0.25, 0.3) is 17.7 Å². The van der Waals surface area contributed by atoms with Gasteiger partial charge in [-0.3, -0.25) is 24.6 Å². The van der Waals surface area contributed by atoms with Gasteiger partial charge in [0, 0.05) is 5.56 Å². The summed E-state index contributed by atoms with van der Waals surface area (Å²) in [6, 6.07) is 17.8. The lowest BCUT2D eigenvalue weighted by molar-refractivity contribution is 0.0642. The number of amides is 3. The first-order chi connectivity index (χ1) is 15.0. The SMILES string of the molecule is O=C(Nc1nc2ccc(F)cc2s1)c1ccc2c(c1)C(=O)N(Cc1ccccc1)C2=O. The zero-order chi connectivity index (χ0) is 21.5. The Bertz CT molecular complexity index is 1370. The number of halogens is 1. The highest BCUT2D eigenvalue weighted by molar-refractivity contribution is 7.22. The highest BCUT2D eigenvalue weighted by Gasteiger charge is 2.36. The normalized spacial score (nSPS) is 13.0. The van der Waals surface area contributed by atoms with Crippen molar-refractivity contribution < 1.29 is 18.8 Å². The van der Waals surface area contributed by atoms with Crippen LogP contribution in [0.25, 0.3) is 10.2 Å². The molecule has 6 nitrogen and oxygen atoms in total. The molecule has 0 spiro atoms. The molecule has 0 atom stereocenters. The van der Waals surface area contributed by atoms with E-state index in [1.54, 1.807) is 0 Å². The molecule has 0 bridgehead atoms. The smallest absolute Gasteiger partial charge is 0.261 e. The summed E-state index contributed by atoms with van der Waals surface area (Å²) in [4.78, 5) is 43.6. The second kappa shape index (κ2) is 7.41. The van der Waals surface area contributed by atoms with Crippen LogP contribution in [-0.2, 0) is 6.54 Å². The number of thiazole rings is 1. The molecule has 1 aliphatic heterocycles. The molecule has 4 aromatic rings. The summed E-state index contributed by atoms with van der Waals surface area (Å²) in [6.45, 7) is 0.164. The standard InChI is InChI=1S/C23H14FN3O3S/c24-15-7-9-18-19(11-15)31-23(25-18)26-20(28)14-6-8-16-17(10-14)22(30)27(21(16)29)12-13-4-2-1-3-5-13/h1-11H,12H2,(H,25,26,28). The molecule has 0 fully saturated rings. The Morgan fingerprint density at radius 2 is 1.74 bits per heavy atom. The lowest BCUT2D eigenvalue weighted by Crippen LogP contribution is -2.29. The Morgan fingerprint density at radius 1 is 0.968 bits per heavy atom. The maximum absolute atomic E-state index is 13.4. The molecule has 1 aromatic heterocycles. The number of rotatable bonds is 4. The fourth-order valence-corrected chi connectivity index (χ4v) is 4.35. The summed E-state index contributed by atoms with van der Waals surface area (Å²) in [5.74, 6) is -1.67. The molecule has 152 valence electrons. The van der Waals surface area contributed by atoms with Gasteiger partial charge in [0.15, 0.2) is 5.13 Å². The Balaban J connectivity index is 1.38. The third kappa shape index (κ3) is 3.47. The number of nitrogens with one attached hydrogen (secondary N) is 1. The number of benzene rings is 3. The van der Waals surface area contributed by atoms with Gasteiger partial charge < -0.3 is 0 Å². The van der Waals surface area contributed by atoms with Gasteiger partial charge in [0.1, 0.15) is 5.82 Å². The van der Waals surface area contributed by atoms with E-state index in [2.05, 4.69) is 10.3 Å². The highest BCUT2D eigenvalue weighted by Crippen LogP contribution is 2.28. The second-order valence-corrected chi connectivity index (χ2v) is 8.06. The third-order valence-corrected chi connectivity index (χ3v) is 5.92. The lowest BCUT2D eigenvalue weighted by Gasteiger charge is -2.13. The van der Waals surface area contributed by atoms with Crippen LogP contribution in [0.3, 0.4) is 0 Å². The van der Waals surface area contributed by atoms with Gasteiger partial charge >= 0.3 is 0 Å². The molecule has 2 heterocycles. The molecule has 1 N–H and O–H groups in total. The lowest BCUT2D eigenvalue weighted by atomic mass is 10.1. The number of nitrogens with zero attached hydrogens (tertiary/aromatic N) is 2. The summed E-state index contributed by atoms with van der Waals surface area (Å²) < 4.78 is 14.0. The third-order valence-electron chi connectivity index (χ3n) is 4.99. The monoisotopic (exact) mass is 431 g/mol. The molecule has 5 rings (SSSR count). The van der Waals surface area contributed by atoms with Gasteiger partial charge in [0.05, 0.1) is 27.9 Å². The molecule has 1 aliphatic rings. The summed E-state index contributed by atoms with van der Waals surface area (Å²) in [7, 11) is 0. The predicted octanol–water partition coefficient (Wildman–Crippen LogP) is 4.48. The van der Waals surface area contributed by atoms with E-state index in [0.29, 0.717) is 15.3 Å². The summed E-state index contributed by atoms with van der Waals surface area (Å²) >= 11 is 1.15. The van der Waals surface area contributed by atoms with Gasteiger partial charge in [-0.1, -0.05) is 41.7 Å². The van der Waals surface area contributed by atoms with E-state index >= 15 is 0 Å². The van der Waals surface area contributed by atoms with Crippen molar-refractivity contribution >= 4 is 44.4 Å². The number of hydrogen-bond donors (Lipinski definition) is 1. The largest absolute Gasteiger partial charge is 0.298 e. The molecule has 3 aromatic carbocycles. The van der Waals surface area contributed by atoms with Crippen LogP contribution in [0.4, 0.5) is 9.52 Å². The van der Waals surface area contributed by atoms with E-state index in [1.165, 1.54) is 41.3 Å². The zero-order valence-corrected chi connectivity index (χ0v) is 16.8. The summed E-state index contributed by atoms with van der Waals surface area (Å²) in [5.41, 5.74) is 2.11. The van der Waals surface area contributed by atoms with Crippen molar-refractivity contribution in [1.82, 2.24) is 9.88 Å². The summed E-state index contributed by atoms with van der Waals surface area (Å²) in [5, 5.41) is 2.99. The highest BCUT2D eigenvalue weighted by atomic mass is 32.1. The molecule has 0 aliphatic carbocycles. The minimum Gasteiger partial charge on any atom is -0.298 e. The number of carbonyl (C=O) groups is 3. The van der Waals surface area contributed by atoms with E-state index in [4.69, 9.17) is 0 Å². The van der Waals surface area contributed by atoms with Crippen LogP contribution in [0.2, 0.25) is 0 Å². The molecule has 0 unspecified atom stereocenters. The number of hydrogen-bond acceptors (Lipinski definition) is 5. The fraction of sp³-hybridized carbons (Fsp3) is 0.0435. The minimum absolute atomic E-state index is 0.164. The van der Waals surface area contributed by atoms with Crippen molar-refractivity contribution in [3.8, 4) is 0 Å². The summed E-state index contributed by atoms with van der Waals surface area (Å²) in [6.07, 6.45) is 0. The number of fused-ring (bicyclic) bond motifs is 2. The number of anilines is 1. The number of imide groups is 1. The van der Waals surface area contributed by atoms with Crippen molar-refractivity contribution in [3.63, 3.8) is 0 Å². The molecule has 8 heteroatoms. The second-order valence-electron chi connectivity index (χ2n) is 7.03. The Hall–Kier alpha value is -3.91. The van der Waals surface area contributed by atoms with E-state index in [-0.39, 0.29) is 35.0 Å². The molecule has 3 amide bonds. The maximum atomic E-state index is 13.4. The first kappa shape index (κ1) is 19.1. The van der Waals surface area contributed by atoms with Crippen LogP contribution in [0, 0.1) is 5.82 Å². The molecule has 0 radical (unpaired) electrons. The van der Waals surface area contributed by atoms with Crippen LogP contribution >= 0.6 is 11.3 Å². The van der Waals surface area contributed by atoms with Gasteiger partial charge in [-0.25, -0.2) is 9.37 Å². The van der Waals surface area contributed by atoms with Crippen molar-refractivity contribution in [2.75, 3.05) is 5.32 Å². The molecule has 0 saturated carbocycles. The number of aromatic nitrogens is 1. The molecule has 0 saturated heterocycles. The Labute approximate surface area is 180 Å². The Morgan fingerprint density at radius 3 is 2.55 bits per heavy atom. The van der Waals surface area contributed by atoms with Gasteiger partial charge in [-0.15, -0.1) is 0 Å². The zero-order valence-electron chi connectivity index (χ0n) is 16.0. The Kier molecular flexibility index (Phi) is 4.56. The van der Waals surface area contributed by atoms with E-state index in [9.17, 15) is 18.8 Å². The predicted molar refractivity (Wildman–Crippen MR) is 115 cm³/mol. The van der Waals surface area contributed by atoms with Crippen LogP contribution < -0.4 is 5.32 Å². The van der Waals surface area contributed by atoms with Crippen LogP contribution in [0.1, 0.15) is 36.6 Å². The van der Waals surface area contributed by atoms with Crippen molar-refractivity contribution in [3.05, 3.63) is 94.8 Å². The van der Waals surface area contributed by atoms with E-state index < -0.39 is 11.8 Å². The van der Waals surface area contributed by atoms with Crippen LogP contribution in [0.15, 0.2) is 66.7 Å². The first-order valence-corrected chi connectivity index (χ1v) is 10.2. The minimum atomic E-state index is -0.468. The van der Waals surface area contributed by atoms with E-state index in [1.807, 2.05) is 30.3 Å². The van der Waals surface area contributed by atoms with E-state index in [0.717, 1.165) is 16.9 Å². The van der Waals surface area contributed by atoms with Crippen LogP contribution in [0.5, 0.6) is 0 Å². The fourth-order valence-electron chi connectivity index (χ4n) is 3.46. The average Bonchev–Trinajstić information content (AvgIpc) is 3.27. The van der Waals surface area contributed by atoms with Crippen molar-refractivity contribution in [2.45, 2.75) is 6.54 Å². The first-order valence-electron chi connectivity index (χ1n) is 9.41. The van der Waals surface area contributed by atoms with Gasteiger partial charge in [-0.2, -0.15) is 0 Å². The topological polar surface area (TPSA) is 79.4 Å². The van der Waals surface area contributed by atoms with Crippen molar-refractivity contribution in [2.24, 2.45) is 0 Å². The number of carbonyl (C=O) groups excluding carboxylic acids is 3.